The number of carbonyl (C=O) groups excluding carboxylic acids is 3. The zero-order chi connectivity index (χ0) is 24.9. The number of aromatic nitrogens is 1. The van der Waals surface area contributed by atoms with E-state index >= 15 is 0 Å². The lowest BCUT2D eigenvalue weighted by Gasteiger charge is -2.42. The lowest BCUT2D eigenvalue weighted by molar-refractivity contribution is -0.157. The maximum atomic E-state index is 13.0. The SMILES string of the molecule is CCN1CC(=O)N2Cc3c(c4ccccc4n3Cc3ccc(C(=O)OC(C)(C)C)cc3)CC2C1=O. The second-order valence-corrected chi connectivity index (χ2v) is 10.3. The number of para-hydroxylation sites is 1. The number of hydrogen-bond acceptors (Lipinski definition) is 4. The normalized spacial score (nSPS) is 18.0. The topological polar surface area (TPSA) is 71.8 Å². The molecule has 1 fully saturated rings. The Balaban J connectivity index is 1.48. The van der Waals surface area contributed by atoms with Crippen LogP contribution >= 0.6 is 0 Å². The van der Waals surface area contributed by atoms with Crippen LogP contribution in [-0.4, -0.2) is 56.9 Å². The minimum atomic E-state index is -0.543. The van der Waals surface area contributed by atoms with Crippen molar-refractivity contribution in [3.8, 4) is 0 Å². The number of esters is 1. The van der Waals surface area contributed by atoms with Crippen LogP contribution in [0.1, 0.15) is 54.9 Å². The number of carbonyl (C=O) groups is 3. The van der Waals surface area contributed by atoms with Gasteiger partial charge in [-0.05, 0) is 57.0 Å². The molecule has 0 spiro atoms. The predicted octanol–water partition coefficient (Wildman–Crippen LogP) is 3.76. The second kappa shape index (κ2) is 8.56. The van der Waals surface area contributed by atoms with E-state index in [1.807, 2.05) is 52.0 Å². The lowest BCUT2D eigenvalue weighted by atomic mass is 9.94. The van der Waals surface area contributed by atoms with E-state index in [0.717, 1.165) is 27.7 Å². The van der Waals surface area contributed by atoms with Crippen LogP contribution < -0.4 is 0 Å². The summed E-state index contributed by atoms with van der Waals surface area (Å²) in [5.74, 6) is -0.304. The molecule has 3 aromatic rings. The van der Waals surface area contributed by atoms with E-state index in [1.165, 1.54) is 0 Å². The number of likely N-dealkylation sites (N-methyl/N-ethyl adjacent to an activating group) is 1. The molecular formula is C28H31N3O4. The zero-order valence-electron chi connectivity index (χ0n) is 20.7. The zero-order valence-corrected chi connectivity index (χ0v) is 20.7. The van der Waals surface area contributed by atoms with Crippen molar-refractivity contribution >= 4 is 28.7 Å². The van der Waals surface area contributed by atoms with Crippen LogP contribution in [0.25, 0.3) is 10.9 Å². The molecule has 7 nitrogen and oxygen atoms in total. The van der Waals surface area contributed by atoms with Crippen LogP contribution in [0.3, 0.4) is 0 Å². The van der Waals surface area contributed by atoms with Crippen LogP contribution in [0.15, 0.2) is 48.5 Å². The summed E-state index contributed by atoms with van der Waals surface area (Å²) < 4.78 is 7.72. The van der Waals surface area contributed by atoms with E-state index in [-0.39, 0.29) is 24.3 Å². The third-order valence-corrected chi connectivity index (χ3v) is 6.84. The Kier molecular flexibility index (Phi) is 5.66. The molecule has 1 atom stereocenters. The molecular weight excluding hydrogens is 442 g/mol. The molecule has 2 aromatic carbocycles. The highest BCUT2D eigenvalue weighted by Gasteiger charge is 2.43. The molecule has 0 N–H and O–H groups in total. The van der Waals surface area contributed by atoms with Crippen molar-refractivity contribution in [3.05, 3.63) is 70.9 Å². The first-order chi connectivity index (χ1) is 16.7. The van der Waals surface area contributed by atoms with Gasteiger partial charge in [-0.3, -0.25) is 9.59 Å². The molecule has 182 valence electrons. The Labute approximate surface area is 205 Å². The van der Waals surface area contributed by atoms with Crippen LogP contribution in [0, 0.1) is 0 Å². The molecule has 1 unspecified atom stereocenters. The number of hydrogen-bond donors (Lipinski definition) is 0. The van der Waals surface area contributed by atoms with Gasteiger partial charge in [-0.1, -0.05) is 30.3 Å². The van der Waals surface area contributed by atoms with Crippen LogP contribution in [0.5, 0.6) is 0 Å². The van der Waals surface area contributed by atoms with Crippen LogP contribution in [0.2, 0.25) is 0 Å². The number of benzene rings is 2. The van der Waals surface area contributed by atoms with E-state index in [2.05, 4.69) is 16.7 Å². The predicted molar refractivity (Wildman–Crippen MR) is 133 cm³/mol. The summed E-state index contributed by atoms with van der Waals surface area (Å²) in [6, 6.07) is 15.3. The number of fused-ring (bicyclic) bond motifs is 4. The Morgan fingerprint density at radius 2 is 1.74 bits per heavy atom. The van der Waals surface area contributed by atoms with Crippen molar-refractivity contribution in [1.82, 2.24) is 14.4 Å². The molecule has 2 aliphatic rings. The summed E-state index contributed by atoms with van der Waals surface area (Å²) in [5, 5.41) is 1.13. The van der Waals surface area contributed by atoms with Gasteiger partial charge in [0.1, 0.15) is 11.6 Å². The fourth-order valence-electron chi connectivity index (χ4n) is 5.15. The maximum Gasteiger partial charge on any atom is 0.338 e. The first-order valence-electron chi connectivity index (χ1n) is 12.2. The quantitative estimate of drug-likeness (QED) is 0.541. The first kappa shape index (κ1) is 23.1. The van der Waals surface area contributed by atoms with Gasteiger partial charge in [0, 0.05) is 36.1 Å². The van der Waals surface area contributed by atoms with Crippen LogP contribution in [0.4, 0.5) is 0 Å². The highest BCUT2D eigenvalue weighted by atomic mass is 16.6. The summed E-state index contributed by atoms with van der Waals surface area (Å²) in [6.07, 6.45) is 0.529. The molecule has 0 bridgehead atoms. The van der Waals surface area contributed by atoms with E-state index in [9.17, 15) is 14.4 Å². The Morgan fingerprint density at radius 3 is 2.43 bits per heavy atom. The molecule has 1 aromatic heterocycles. The maximum absolute atomic E-state index is 13.0. The summed E-state index contributed by atoms with van der Waals surface area (Å²) >= 11 is 0. The Hall–Kier alpha value is -3.61. The number of nitrogens with zero attached hydrogens (tertiary/aromatic N) is 3. The lowest BCUT2D eigenvalue weighted by Crippen LogP contribution is -2.61. The van der Waals surface area contributed by atoms with Gasteiger partial charge in [0.05, 0.1) is 18.7 Å². The highest BCUT2D eigenvalue weighted by Crippen LogP contribution is 2.35. The smallest absolute Gasteiger partial charge is 0.338 e. The first-order valence-corrected chi connectivity index (χ1v) is 12.2. The van der Waals surface area contributed by atoms with Gasteiger partial charge in [0.2, 0.25) is 11.8 Å². The monoisotopic (exact) mass is 473 g/mol. The van der Waals surface area contributed by atoms with Gasteiger partial charge in [-0.15, -0.1) is 0 Å². The molecule has 7 heteroatoms. The Bertz CT molecular complexity index is 1320. The second-order valence-electron chi connectivity index (χ2n) is 10.3. The highest BCUT2D eigenvalue weighted by molar-refractivity contribution is 5.97. The van der Waals surface area contributed by atoms with Crippen molar-refractivity contribution in [2.24, 2.45) is 0 Å². The molecule has 0 aliphatic carbocycles. The average Bonchev–Trinajstić information content (AvgIpc) is 3.12. The molecule has 0 saturated carbocycles. The fourth-order valence-corrected chi connectivity index (χ4v) is 5.15. The molecule has 3 heterocycles. The van der Waals surface area contributed by atoms with Crippen molar-refractivity contribution in [2.45, 2.75) is 58.8 Å². The molecule has 2 amide bonds. The number of piperazine rings is 1. The van der Waals surface area contributed by atoms with Crippen molar-refractivity contribution in [2.75, 3.05) is 13.1 Å². The van der Waals surface area contributed by atoms with E-state index in [1.54, 1.807) is 21.9 Å². The van der Waals surface area contributed by atoms with Crippen molar-refractivity contribution in [1.29, 1.82) is 0 Å². The summed E-state index contributed by atoms with van der Waals surface area (Å²) in [7, 11) is 0. The largest absolute Gasteiger partial charge is 0.456 e. The minimum absolute atomic E-state index is 0.000574. The van der Waals surface area contributed by atoms with Gasteiger partial charge < -0.3 is 19.1 Å². The fraction of sp³-hybridized carbons (Fsp3) is 0.393. The average molecular weight is 474 g/mol. The number of rotatable bonds is 4. The minimum Gasteiger partial charge on any atom is -0.456 e. The molecule has 5 rings (SSSR count). The van der Waals surface area contributed by atoms with Gasteiger partial charge in [-0.2, -0.15) is 0 Å². The standard InChI is InChI=1S/C28H31N3O4/c1-5-29-17-25(32)31-16-24-21(14-23(31)26(29)33)20-8-6-7-9-22(20)30(24)15-18-10-12-19(13-11-18)27(34)35-28(2,3)4/h6-13,23H,5,14-17H2,1-4H3. The third kappa shape index (κ3) is 4.20. The summed E-state index contributed by atoms with van der Waals surface area (Å²) in [4.78, 5) is 41.8. The van der Waals surface area contributed by atoms with Crippen LogP contribution in [-0.2, 0) is 33.8 Å². The molecule has 1 saturated heterocycles. The molecule has 0 radical (unpaired) electrons. The van der Waals surface area contributed by atoms with Gasteiger partial charge in [-0.25, -0.2) is 4.79 Å². The van der Waals surface area contributed by atoms with Gasteiger partial charge in [0.15, 0.2) is 0 Å². The van der Waals surface area contributed by atoms with Gasteiger partial charge in [0.25, 0.3) is 0 Å². The van der Waals surface area contributed by atoms with E-state index in [4.69, 9.17) is 4.74 Å². The number of ether oxygens (including phenoxy) is 1. The van der Waals surface area contributed by atoms with E-state index < -0.39 is 11.6 Å². The van der Waals surface area contributed by atoms with Crippen molar-refractivity contribution in [3.63, 3.8) is 0 Å². The summed E-state index contributed by atoms with van der Waals surface area (Å²) in [5.41, 5.74) is 4.32. The molecule has 2 aliphatic heterocycles. The van der Waals surface area contributed by atoms with E-state index in [0.29, 0.717) is 31.6 Å². The molecule has 35 heavy (non-hydrogen) atoms. The third-order valence-electron chi connectivity index (χ3n) is 6.84. The van der Waals surface area contributed by atoms with Crippen molar-refractivity contribution < 1.29 is 19.1 Å². The Morgan fingerprint density at radius 1 is 1.03 bits per heavy atom. The summed E-state index contributed by atoms with van der Waals surface area (Å²) in [6.45, 7) is 9.18. The number of amides is 2. The van der Waals surface area contributed by atoms with Gasteiger partial charge >= 0.3 is 5.97 Å².